The van der Waals surface area contributed by atoms with Crippen molar-refractivity contribution in [3.05, 3.63) is 54.0 Å². The Morgan fingerprint density at radius 1 is 1.29 bits per heavy atom. The molecule has 6 nitrogen and oxygen atoms in total. The second-order valence-electron chi connectivity index (χ2n) is 5.17. The number of urea groups is 1. The third-order valence-electron chi connectivity index (χ3n) is 3.58. The number of hydrogen-bond acceptors (Lipinski definition) is 4. The molecule has 0 radical (unpaired) electrons. The first-order chi connectivity index (χ1) is 10.0. The molecule has 1 aliphatic heterocycles. The van der Waals surface area contributed by atoms with Gasteiger partial charge in [-0.3, -0.25) is 9.69 Å². The van der Waals surface area contributed by atoms with E-state index < -0.39 is 11.6 Å². The maximum Gasteiger partial charge on any atom is 0.325 e. The van der Waals surface area contributed by atoms with E-state index >= 15 is 0 Å². The van der Waals surface area contributed by atoms with Crippen molar-refractivity contribution in [3.63, 3.8) is 0 Å². The fraction of sp³-hybridized carbons (Fsp3) is 0.200. The highest BCUT2D eigenvalue weighted by Crippen LogP contribution is 2.30. The van der Waals surface area contributed by atoms with Gasteiger partial charge in [0.25, 0.3) is 5.91 Å². The van der Waals surface area contributed by atoms with Crippen LogP contribution in [0, 0.1) is 0 Å². The number of nitrogens with one attached hydrogen (secondary N) is 1. The summed E-state index contributed by atoms with van der Waals surface area (Å²) in [5, 5.41) is 2.68. The third-order valence-corrected chi connectivity index (χ3v) is 3.58. The van der Waals surface area contributed by atoms with E-state index in [9.17, 15) is 9.59 Å². The summed E-state index contributed by atoms with van der Waals surface area (Å²) in [4.78, 5) is 25.8. The zero-order valence-electron chi connectivity index (χ0n) is 11.5. The second kappa shape index (κ2) is 4.66. The molecule has 3 rings (SSSR count). The second-order valence-corrected chi connectivity index (χ2v) is 5.17. The Balaban J connectivity index is 1.88. The summed E-state index contributed by atoms with van der Waals surface area (Å²) in [6, 6.07) is 10.0. The van der Waals surface area contributed by atoms with Gasteiger partial charge in [0.05, 0.1) is 12.8 Å². The van der Waals surface area contributed by atoms with Crippen LogP contribution >= 0.6 is 0 Å². The number of carbonyl (C=O) groups is 2. The number of nitrogens with two attached hydrogens (primary N) is 1. The summed E-state index contributed by atoms with van der Waals surface area (Å²) < 4.78 is 5.27. The van der Waals surface area contributed by atoms with Crippen LogP contribution < -0.4 is 11.1 Å². The third kappa shape index (κ3) is 2.14. The summed E-state index contributed by atoms with van der Waals surface area (Å²) >= 11 is 0. The summed E-state index contributed by atoms with van der Waals surface area (Å²) in [7, 11) is 0. The lowest BCUT2D eigenvalue weighted by Gasteiger charge is -2.19. The van der Waals surface area contributed by atoms with Gasteiger partial charge in [-0.2, -0.15) is 0 Å². The molecule has 0 saturated carbocycles. The van der Waals surface area contributed by atoms with E-state index in [1.165, 1.54) is 6.26 Å². The van der Waals surface area contributed by atoms with Crippen LogP contribution in [0.5, 0.6) is 0 Å². The van der Waals surface area contributed by atoms with Gasteiger partial charge < -0.3 is 15.5 Å². The van der Waals surface area contributed by atoms with Gasteiger partial charge in [-0.15, -0.1) is 0 Å². The molecule has 0 bridgehead atoms. The maximum absolute atomic E-state index is 12.6. The SMILES string of the molecule is CC1(c2ccco2)NC(=O)N(Cc2cccc(N)c2)C1=O. The van der Waals surface area contributed by atoms with Gasteiger partial charge in [-0.25, -0.2) is 4.79 Å². The number of anilines is 1. The minimum absolute atomic E-state index is 0.173. The molecule has 108 valence electrons. The largest absolute Gasteiger partial charge is 0.466 e. The Bertz CT molecular complexity index is 696. The van der Waals surface area contributed by atoms with E-state index in [0.717, 1.165) is 10.5 Å². The van der Waals surface area contributed by atoms with E-state index in [0.29, 0.717) is 11.4 Å². The zero-order chi connectivity index (χ0) is 15.0. The highest BCUT2D eigenvalue weighted by molar-refractivity contribution is 6.06. The number of nitrogen functional groups attached to an aromatic ring is 1. The van der Waals surface area contributed by atoms with E-state index in [4.69, 9.17) is 10.2 Å². The first-order valence-electron chi connectivity index (χ1n) is 6.53. The summed E-state index contributed by atoms with van der Waals surface area (Å²) in [6.45, 7) is 1.80. The standard InChI is InChI=1S/C15H15N3O3/c1-15(12-6-3-7-21-12)13(19)18(14(20)17-15)9-10-4-2-5-11(16)8-10/h2-8H,9,16H2,1H3,(H,17,20). The molecule has 0 aliphatic carbocycles. The number of furan rings is 1. The van der Waals surface area contributed by atoms with E-state index in [1.807, 2.05) is 6.07 Å². The fourth-order valence-electron chi connectivity index (χ4n) is 2.44. The molecule has 1 saturated heterocycles. The number of imide groups is 1. The first kappa shape index (κ1) is 13.2. The molecule has 6 heteroatoms. The van der Waals surface area contributed by atoms with Gasteiger partial charge in [-0.05, 0) is 36.8 Å². The predicted octanol–water partition coefficient (Wildman–Crippen LogP) is 1.83. The highest BCUT2D eigenvalue weighted by atomic mass is 16.3. The van der Waals surface area contributed by atoms with Gasteiger partial charge in [0.15, 0.2) is 5.54 Å². The lowest BCUT2D eigenvalue weighted by Crippen LogP contribution is -2.40. The van der Waals surface area contributed by atoms with Crippen LogP contribution in [0.15, 0.2) is 47.1 Å². The number of carbonyl (C=O) groups excluding carboxylic acids is 2. The van der Waals surface area contributed by atoms with Crippen molar-refractivity contribution in [1.29, 1.82) is 0 Å². The average Bonchev–Trinajstić information content (AvgIpc) is 3.04. The molecule has 1 aromatic heterocycles. The Kier molecular flexibility index (Phi) is 2.94. The Labute approximate surface area is 121 Å². The van der Waals surface area contributed by atoms with Crippen molar-refractivity contribution in [2.75, 3.05) is 5.73 Å². The van der Waals surface area contributed by atoms with Crippen LogP contribution in [-0.4, -0.2) is 16.8 Å². The van der Waals surface area contributed by atoms with E-state index in [2.05, 4.69) is 5.32 Å². The molecule has 0 spiro atoms. The number of amides is 3. The number of benzene rings is 1. The van der Waals surface area contributed by atoms with Gasteiger partial charge in [0, 0.05) is 5.69 Å². The molecule has 1 fully saturated rings. The maximum atomic E-state index is 12.6. The first-order valence-corrected chi connectivity index (χ1v) is 6.53. The van der Waals surface area contributed by atoms with Crippen LogP contribution in [0.4, 0.5) is 10.5 Å². The molecule has 1 unspecified atom stereocenters. The van der Waals surface area contributed by atoms with Crippen molar-refractivity contribution in [2.45, 2.75) is 19.0 Å². The summed E-state index contributed by atoms with van der Waals surface area (Å²) in [5.41, 5.74) is 5.93. The van der Waals surface area contributed by atoms with Crippen LogP contribution in [-0.2, 0) is 16.9 Å². The van der Waals surface area contributed by atoms with Crippen molar-refractivity contribution in [2.24, 2.45) is 0 Å². The molecule has 21 heavy (non-hydrogen) atoms. The van der Waals surface area contributed by atoms with E-state index in [1.54, 1.807) is 37.3 Å². The van der Waals surface area contributed by atoms with Crippen molar-refractivity contribution in [3.8, 4) is 0 Å². The minimum atomic E-state index is -1.17. The number of rotatable bonds is 3. The Morgan fingerprint density at radius 2 is 2.10 bits per heavy atom. The molecule has 1 atom stereocenters. The quantitative estimate of drug-likeness (QED) is 0.665. The molecular formula is C15H15N3O3. The predicted molar refractivity (Wildman–Crippen MR) is 76.0 cm³/mol. The number of hydrogen-bond donors (Lipinski definition) is 2. The molecule has 1 aromatic carbocycles. The fourth-order valence-corrected chi connectivity index (χ4v) is 2.44. The zero-order valence-corrected chi connectivity index (χ0v) is 11.5. The van der Waals surface area contributed by atoms with Crippen molar-refractivity contribution >= 4 is 17.6 Å². The van der Waals surface area contributed by atoms with Crippen LogP contribution in [0.3, 0.4) is 0 Å². The molecule has 3 N–H and O–H groups in total. The average molecular weight is 285 g/mol. The smallest absolute Gasteiger partial charge is 0.325 e. The normalized spacial score (nSPS) is 21.7. The van der Waals surface area contributed by atoms with Crippen molar-refractivity contribution in [1.82, 2.24) is 10.2 Å². The van der Waals surface area contributed by atoms with Gasteiger partial charge >= 0.3 is 6.03 Å². The molecule has 2 aromatic rings. The minimum Gasteiger partial charge on any atom is -0.466 e. The van der Waals surface area contributed by atoms with Crippen LogP contribution in [0.2, 0.25) is 0 Å². The number of nitrogens with zero attached hydrogens (tertiary/aromatic N) is 1. The van der Waals surface area contributed by atoms with Crippen molar-refractivity contribution < 1.29 is 14.0 Å². The highest BCUT2D eigenvalue weighted by Gasteiger charge is 2.50. The molecule has 3 amide bonds. The van der Waals surface area contributed by atoms with Crippen LogP contribution in [0.25, 0.3) is 0 Å². The van der Waals surface area contributed by atoms with Gasteiger partial charge in [0.1, 0.15) is 5.76 Å². The monoisotopic (exact) mass is 285 g/mol. The van der Waals surface area contributed by atoms with Gasteiger partial charge in [0.2, 0.25) is 0 Å². The lowest BCUT2D eigenvalue weighted by atomic mass is 9.99. The molecular weight excluding hydrogens is 270 g/mol. The summed E-state index contributed by atoms with van der Waals surface area (Å²) in [5.74, 6) is 0.0702. The Hall–Kier alpha value is -2.76. The van der Waals surface area contributed by atoms with Crippen LogP contribution in [0.1, 0.15) is 18.2 Å². The van der Waals surface area contributed by atoms with E-state index in [-0.39, 0.29) is 12.5 Å². The van der Waals surface area contributed by atoms with Gasteiger partial charge in [-0.1, -0.05) is 12.1 Å². The Morgan fingerprint density at radius 3 is 2.76 bits per heavy atom. The molecule has 1 aliphatic rings. The summed E-state index contributed by atoms with van der Waals surface area (Å²) in [6.07, 6.45) is 1.47. The molecule has 2 heterocycles. The lowest BCUT2D eigenvalue weighted by molar-refractivity contribution is -0.132. The topological polar surface area (TPSA) is 88.6 Å².